The first kappa shape index (κ1) is 17.1. The van der Waals surface area contributed by atoms with Crippen molar-refractivity contribution in [3.8, 4) is 0 Å². The zero-order chi connectivity index (χ0) is 19.0. The molecule has 1 saturated carbocycles. The number of hydrogen-bond acceptors (Lipinski definition) is 7. The molecule has 3 aromatic rings. The first-order valence-electron chi connectivity index (χ1n) is 9.47. The molecule has 0 unspecified atom stereocenters. The molecule has 3 aromatic heterocycles. The lowest BCUT2D eigenvalue weighted by atomic mass is 9.81. The third-order valence-electron chi connectivity index (χ3n) is 5.28. The van der Waals surface area contributed by atoms with E-state index in [1.165, 1.54) is 17.8 Å². The van der Waals surface area contributed by atoms with E-state index in [9.17, 15) is 4.79 Å². The zero-order valence-electron chi connectivity index (χ0n) is 15.2. The fraction of sp³-hybridized carbons (Fsp3) is 0.300. The lowest BCUT2D eigenvalue weighted by Gasteiger charge is -2.32. The summed E-state index contributed by atoms with van der Waals surface area (Å²) in [6.07, 6.45) is 8.90. The average molecular weight is 392 g/mol. The summed E-state index contributed by atoms with van der Waals surface area (Å²) in [5.74, 6) is 1.43. The number of carbonyl (C=O) groups is 1. The molecule has 0 bridgehead atoms. The highest BCUT2D eigenvalue weighted by Gasteiger charge is 2.46. The van der Waals surface area contributed by atoms with Gasteiger partial charge in [-0.05, 0) is 31.0 Å². The minimum absolute atomic E-state index is 0.00897. The van der Waals surface area contributed by atoms with Gasteiger partial charge in [-0.3, -0.25) is 4.79 Å². The van der Waals surface area contributed by atoms with Gasteiger partial charge in [-0.2, -0.15) is 0 Å². The first-order chi connectivity index (χ1) is 13.7. The zero-order valence-corrected chi connectivity index (χ0v) is 16.1. The maximum absolute atomic E-state index is 12.5. The minimum Gasteiger partial charge on any atom is -0.340 e. The van der Waals surface area contributed by atoms with E-state index in [2.05, 4.69) is 25.9 Å². The number of amides is 1. The Balaban J connectivity index is 1.38. The number of anilines is 4. The van der Waals surface area contributed by atoms with E-state index in [0.29, 0.717) is 5.82 Å². The van der Waals surface area contributed by atoms with Crippen LogP contribution in [0.15, 0.2) is 42.7 Å². The molecule has 28 heavy (non-hydrogen) atoms. The number of aromatic nitrogens is 3. The number of nitrogens with zero attached hydrogens (tertiary/aromatic N) is 3. The second kappa shape index (κ2) is 6.87. The van der Waals surface area contributed by atoms with E-state index in [-0.39, 0.29) is 11.4 Å². The molecule has 5 rings (SSSR count). The smallest absolute Gasteiger partial charge is 0.264 e. The lowest BCUT2D eigenvalue weighted by molar-refractivity contribution is 0.0910. The van der Waals surface area contributed by atoms with Crippen LogP contribution in [0.1, 0.15) is 47.5 Å². The number of pyridine rings is 2. The first-order valence-corrected chi connectivity index (χ1v) is 10.3. The molecule has 1 aliphatic heterocycles. The van der Waals surface area contributed by atoms with Crippen LogP contribution in [0.2, 0.25) is 0 Å². The quantitative estimate of drug-likeness (QED) is 0.612. The molecule has 142 valence electrons. The molecule has 2 aliphatic rings. The van der Waals surface area contributed by atoms with E-state index in [0.717, 1.165) is 52.9 Å². The number of fused-ring (bicyclic) bond motifs is 2. The Labute approximate surface area is 166 Å². The van der Waals surface area contributed by atoms with Crippen LogP contribution in [0, 0.1) is 0 Å². The Bertz CT molecular complexity index is 1010. The van der Waals surface area contributed by atoms with Crippen molar-refractivity contribution in [2.24, 2.45) is 0 Å². The second-order valence-electron chi connectivity index (χ2n) is 7.19. The molecule has 4 heterocycles. The van der Waals surface area contributed by atoms with Crippen LogP contribution in [0.4, 0.5) is 22.5 Å². The topological polar surface area (TPSA) is 91.8 Å². The molecule has 1 amide bonds. The highest BCUT2D eigenvalue weighted by atomic mass is 32.1. The van der Waals surface area contributed by atoms with E-state index in [1.807, 2.05) is 30.3 Å². The predicted molar refractivity (Wildman–Crippen MR) is 109 cm³/mol. The van der Waals surface area contributed by atoms with E-state index in [4.69, 9.17) is 4.98 Å². The molecular formula is C20H20N6OS. The van der Waals surface area contributed by atoms with Crippen LogP contribution < -0.4 is 16.0 Å². The Morgan fingerprint density at radius 2 is 1.86 bits per heavy atom. The molecule has 8 heteroatoms. The molecule has 1 fully saturated rings. The maximum Gasteiger partial charge on any atom is 0.264 e. The molecule has 0 radical (unpaired) electrons. The Kier molecular flexibility index (Phi) is 4.20. The van der Waals surface area contributed by atoms with Gasteiger partial charge in [0.05, 0.1) is 11.2 Å². The van der Waals surface area contributed by atoms with Gasteiger partial charge in [0.25, 0.3) is 5.91 Å². The minimum atomic E-state index is -0.259. The summed E-state index contributed by atoms with van der Waals surface area (Å²) in [5.41, 5.74) is 1.52. The van der Waals surface area contributed by atoms with Crippen molar-refractivity contribution in [3.05, 3.63) is 53.3 Å². The number of hydrogen-bond donors (Lipinski definition) is 3. The van der Waals surface area contributed by atoms with Crippen LogP contribution in [0.5, 0.6) is 0 Å². The number of thiazole rings is 1. The highest BCUT2D eigenvalue weighted by molar-refractivity contribution is 7.17. The Hall–Kier alpha value is -3.00. The summed E-state index contributed by atoms with van der Waals surface area (Å²) in [7, 11) is 0. The summed E-state index contributed by atoms with van der Waals surface area (Å²) in [6.45, 7) is 0. The predicted octanol–water partition coefficient (Wildman–Crippen LogP) is 4.32. The van der Waals surface area contributed by atoms with Crippen molar-refractivity contribution < 1.29 is 4.79 Å². The normalized spacial score (nSPS) is 17.2. The van der Waals surface area contributed by atoms with Gasteiger partial charge in [0.1, 0.15) is 16.5 Å². The van der Waals surface area contributed by atoms with Gasteiger partial charge >= 0.3 is 0 Å². The van der Waals surface area contributed by atoms with E-state index >= 15 is 0 Å². The molecule has 1 aliphatic carbocycles. The van der Waals surface area contributed by atoms with Crippen LogP contribution in [0.25, 0.3) is 0 Å². The molecule has 1 spiro atoms. The summed E-state index contributed by atoms with van der Waals surface area (Å²) in [5, 5.41) is 10.4. The van der Waals surface area contributed by atoms with Gasteiger partial charge in [0.2, 0.25) is 0 Å². The second-order valence-corrected chi connectivity index (χ2v) is 8.19. The summed E-state index contributed by atoms with van der Waals surface area (Å²) < 4.78 is 0. The number of rotatable bonds is 4. The molecule has 7 nitrogen and oxygen atoms in total. The van der Waals surface area contributed by atoms with Crippen molar-refractivity contribution in [2.45, 2.75) is 37.6 Å². The highest BCUT2D eigenvalue weighted by Crippen LogP contribution is 2.45. The summed E-state index contributed by atoms with van der Waals surface area (Å²) in [4.78, 5) is 26.6. The van der Waals surface area contributed by atoms with Crippen LogP contribution in [0.3, 0.4) is 0 Å². The fourth-order valence-electron chi connectivity index (χ4n) is 3.97. The Morgan fingerprint density at radius 1 is 1.00 bits per heavy atom. The summed E-state index contributed by atoms with van der Waals surface area (Å²) >= 11 is 1.41. The fourth-order valence-corrected chi connectivity index (χ4v) is 4.95. The van der Waals surface area contributed by atoms with Gasteiger partial charge in [-0.15, -0.1) is 0 Å². The average Bonchev–Trinajstić information content (AvgIpc) is 3.23. The van der Waals surface area contributed by atoms with Gasteiger partial charge in [0, 0.05) is 24.1 Å². The third-order valence-corrected chi connectivity index (χ3v) is 6.25. The molecular weight excluding hydrogens is 372 g/mol. The SMILES string of the molecule is O=C1NC2(CCCCC2)c2nc(Nc3ccnc(Nc4ccccn4)c3)sc21. The van der Waals surface area contributed by atoms with Gasteiger partial charge < -0.3 is 16.0 Å². The summed E-state index contributed by atoms with van der Waals surface area (Å²) in [6, 6.07) is 9.45. The van der Waals surface area contributed by atoms with Crippen molar-refractivity contribution in [2.75, 3.05) is 10.6 Å². The monoisotopic (exact) mass is 392 g/mol. The van der Waals surface area contributed by atoms with Gasteiger partial charge in [-0.25, -0.2) is 15.0 Å². The number of nitrogens with one attached hydrogen (secondary N) is 3. The van der Waals surface area contributed by atoms with E-state index < -0.39 is 0 Å². The van der Waals surface area contributed by atoms with Crippen molar-refractivity contribution >= 4 is 39.7 Å². The van der Waals surface area contributed by atoms with E-state index in [1.54, 1.807) is 12.4 Å². The van der Waals surface area contributed by atoms with Crippen molar-refractivity contribution in [1.82, 2.24) is 20.3 Å². The molecule has 3 N–H and O–H groups in total. The van der Waals surface area contributed by atoms with Gasteiger partial charge in [-0.1, -0.05) is 36.7 Å². The van der Waals surface area contributed by atoms with Gasteiger partial charge in [0.15, 0.2) is 5.13 Å². The van der Waals surface area contributed by atoms with Crippen LogP contribution >= 0.6 is 11.3 Å². The van der Waals surface area contributed by atoms with Crippen LogP contribution in [-0.2, 0) is 5.54 Å². The number of carbonyl (C=O) groups excluding carboxylic acids is 1. The standard InChI is InChI=1S/C20H20N6OS/c27-18-16-17(20(26-18)8-3-1-4-9-20)25-19(28-16)23-13-7-11-22-15(12-13)24-14-6-2-5-10-21-14/h2,5-7,10-12H,1,3-4,8-9H2,(H,26,27)(H2,21,22,23,24,25). The molecule has 0 atom stereocenters. The van der Waals surface area contributed by atoms with Crippen LogP contribution in [-0.4, -0.2) is 20.9 Å². The largest absolute Gasteiger partial charge is 0.340 e. The van der Waals surface area contributed by atoms with Crippen molar-refractivity contribution in [3.63, 3.8) is 0 Å². The lowest BCUT2D eigenvalue weighted by Crippen LogP contribution is -2.41. The maximum atomic E-state index is 12.5. The molecule has 0 saturated heterocycles. The Morgan fingerprint density at radius 3 is 2.68 bits per heavy atom. The van der Waals surface area contributed by atoms with Crippen molar-refractivity contribution in [1.29, 1.82) is 0 Å². The molecule has 0 aromatic carbocycles. The third kappa shape index (κ3) is 3.09.